The van der Waals surface area contributed by atoms with Crippen molar-refractivity contribution in [1.82, 2.24) is 4.98 Å². The van der Waals surface area contributed by atoms with Crippen molar-refractivity contribution in [2.24, 2.45) is 5.73 Å². The highest BCUT2D eigenvalue weighted by atomic mass is 15.2. The minimum absolute atomic E-state index is 0.534. The van der Waals surface area contributed by atoms with Crippen molar-refractivity contribution in [3.05, 3.63) is 48.7 Å². The lowest BCUT2D eigenvalue weighted by molar-refractivity contribution is 0.909. The molecule has 0 saturated heterocycles. The van der Waals surface area contributed by atoms with Crippen LogP contribution in [0.15, 0.2) is 37.4 Å². The van der Waals surface area contributed by atoms with E-state index in [9.17, 15) is 0 Å². The zero-order valence-electron chi connectivity index (χ0n) is 9.82. The third kappa shape index (κ3) is 3.21. The summed E-state index contributed by atoms with van der Waals surface area (Å²) in [6.07, 6.45) is 3.71. The van der Waals surface area contributed by atoms with Crippen molar-refractivity contribution >= 4 is 5.82 Å². The van der Waals surface area contributed by atoms with Crippen LogP contribution in [0.2, 0.25) is 0 Å². The molecule has 0 aromatic carbocycles. The number of aryl methyl sites for hydroxylation is 1. The Morgan fingerprint density at radius 2 is 1.94 bits per heavy atom. The normalized spacial score (nSPS) is 9.88. The summed E-state index contributed by atoms with van der Waals surface area (Å²) in [5, 5.41) is 0. The molecule has 3 heteroatoms. The van der Waals surface area contributed by atoms with Gasteiger partial charge in [-0.3, -0.25) is 0 Å². The van der Waals surface area contributed by atoms with Crippen LogP contribution in [0.4, 0.5) is 5.82 Å². The second kappa shape index (κ2) is 6.08. The van der Waals surface area contributed by atoms with Crippen molar-refractivity contribution in [3.63, 3.8) is 0 Å². The lowest BCUT2D eigenvalue weighted by Crippen LogP contribution is -2.24. The van der Waals surface area contributed by atoms with Gasteiger partial charge in [0.2, 0.25) is 0 Å². The van der Waals surface area contributed by atoms with Gasteiger partial charge in [-0.2, -0.15) is 0 Å². The third-order valence-electron chi connectivity index (χ3n) is 2.26. The molecule has 3 nitrogen and oxygen atoms in total. The lowest BCUT2D eigenvalue weighted by atomic mass is 10.2. The number of rotatable bonds is 6. The Kier molecular flexibility index (Phi) is 4.73. The van der Waals surface area contributed by atoms with E-state index >= 15 is 0 Å². The van der Waals surface area contributed by atoms with Crippen LogP contribution in [0.25, 0.3) is 0 Å². The molecule has 0 aliphatic carbocycles. The monoisotopic (exact) mass is 217 g/mol. The van der Waals surface area contributed by atoms with E-state index in [1.807, 2.05) is 31.2 Å². The molecule has 0 bridgehead atoms. The first kappa shape index (κ1) is 12.5. The molecule has 1 heterocycles. The summed E-state index contributed by atoms with van der Waals surface area (Å²) in [4.78, 5) is 6.60. The van der Waals surface area contributed by atoms with Crippen LogP contribution in [0, 0.1) is 6.92 Å². The lowest BCUT2D eigenvalue weighted by Gasteiger charge is -2.21. The smallest absolute Gasteiger partial charge is 0.129 e. The maximum absolute atomic E-state index is 5.65. The van der Waals surface area contributed by atoms with Gasteiger partial charge in [0.15, 0.2) is 0 Å². The second-order valence-corrected chi connectivity index (χ2v) is 3.66. The molecule has 0 amide bonds. The molecular formula is C13H19N3. The van der Waals surface area contributed by atoms with Gasteiger partial charge in [0.05, 0.1) is 0 Å². The van der Waals surface area contributed by atoms with E-state index in [-0.39, 0.29) is 0 Å². The fraction of sp³-hybridized carbons (Fsp3) is 0.308. The van der Waals surface area contributed by atoms with Crippen LogP contribution >= 0.6 is 0 Å². The first-order valence-corrected chi connectivity index (χ1v) is 5.35. The fourth-order valence-corrected chi connectivity index (χ4v) is 1.57. The van der Waals surface area contributed by atoms with E-state index in [2.05, 4.69) is 23.0 Å². The molecular weight excluding hydrogens is 198 g/mol. The predicted octanol–water partition coefficient (Wildman–Crippen LogP) is 2.03. The van der Waals surface area contributed by atoms with Gasteiger partial charge in [-0.1, -0.05) is 12.2 Å². The Morgan fingerprint density at radius 3 is 2.44 bits per heavy atom. The number of hydrogen-bond acceptors (Lipinski definition) is 3. The maximum Gasteiger partial charge on any atom is 0.129 e. The molecule has 1 aromatic heterocycles. The highest BCUT2D eigenvalue weighted by Gasteiger charge is 2.06. The average Bonchev–Trinajstić information content (AvgIpc) is 2.28. The van der Waals surface area contributed by atoms with Crippen molar-refractivity contribution < 1.29 is 0 Å². The van der Waals surface area contributed by atoms with E-state index in [1.54, 1.807) is 0 Å². The van der Waals surface area contributed by atoms with Crippen LogP contribution in [0.5, 0.6) is 0 Å². The largest absolute Gasteiger partial charge is 0.349 e. The molecule has 0 aliphatic heterocycles. The van der Waals surface area contributed by atoms with Gasteiger partial charge in [-0.25, -0.2) is 4.98 Å². The van der Waals surface area contributed by atoms with E-state index in [0.717, 1.165) is 30.2 Å². The Hall–Kier alpha value is -1.61. The van der Waals surface area contributed by atoms with Crippen molar-refractivity contribution in [3.8, 4) is 0 Å². The first-order chi connectivity index (χ1) is 7.71. The Balaban J connectivity index is 3.01. The van der Waals surface area contributed by atoms with Gasteiger partial charge in [0.25, 0.3) is 0 Å². The van der Waals surface area contributed by atoms with Crippen LogP contribution in [-0.4, -0.2) is 18.1 Å². The van der Waals surface area contributed by atoms with Crippen LogP contribution in [0.1, 0.15) is 11.3 Å². The summed E-state index contributed by atoms with van der Waals surface area (Å²) in [6.45, 7) is 11.5. The zero-order chi connectivity index (χ0) is 12.0. The molecule has 0 aliphatic rings. The number of pyridine rings is 1. The number of anilines is 1. The van der Waals surface area contributed by atoms with E-state index in [0.29, 0.717) is 6.54 Å². The summed E-state index contributed by atoms with van der Waals surface area (Å²) in [7, 11) is 0. The molecule has 1 aromatic rings. The van der Waals surface area contributed by atoms with Gasteiger partial charge in [0.1, 0.15) is 5.82 Å². The third-order valence-corrected chi connectivity index (χ3v) is 2.26. The summed E-state index contributed by atoms with van der Waals surface area (Å²) in [5.74, 6) is 0.931. The van der Waals surface area contributed by atoms with Crippen molar-refractivity contribution in [1.29, 1.82) is 0 Å². The van der Waals surface area contributed by atoms with Crippen LogP contribution in [0.3, 0.4) is 0 Å². The molecule has 0 radical (unpaired) electrons. The standard InChI is InChI=1S/C13H19N3/c1-4-6-16(7-5-2)13-9-12(10-14)8-11(3)15-13/h4-5,8-9H,1-2,6-7,10,14H2,3H3. The van der Waals surface area contributed by atoms with E-state index in [4.69, 9.17) is 5.73 Å². The number of aromatic nitrogens is 1. The summed E-state index contributed by atoms with van der Waals surface area (Å²) in [6, 6.07) is 4.02. The van der Waals surface area contributed by atoms with Crippen LogP contribution in [-0.2, 0) is 6.54 Å². The minimum Gasteiger partial charge on any atom is -0.349 e. The van der Waals surface area contributed by atoms with E-state index < -0.39 is 0 Å². The van der Waals surface area contributed by atoms with Gasteiger partial charge < -0.3 is 10.6 Å². The predicted molar refractivity (Wildman–Crippen MR) is 69.5 cm³/mol. The summed E-state index contributed by atoms with van der Waals surface area (Å²) in [5.41, 5.74) is 7.73. The van der Waals surface area contributed by atoms with Gasteiger partial charge >= 0.3 is 0 Å². The average molecular weight is 217 g/mol. The molecule has 0 atom stereocenters. The van der Waals surface area contributed by atoms with Crippen molar-refractivity contribution in [2.75, 3.05) is 18.0 Å². The first-order valence-electron chi connectivity index (χ1n) is 5.35. The second-order valence-electron chi connectivity index (χ2n) is 3.66. The molecule has 0 unspecified atom stereocenters. The maximum atomic E-state index is 5.65. The molecule has 0 saturated carbocycles. The number of nitrogens with zero attached hydrogens (tertiary/aromatic N) is 2. The van der Waals surface area contributed by atoms with Gasteiger partial charge in [-0.05, 0) is 24.6 Å². The summed E-state index contributed by atoms with van der Waals surface area (Å²) >= 11 is 0. The highest BCUT2D eigenvalue weighted by Crippen LogP contribution is 2.14. The minimum atomic E-state index is 0.534. The number of nitrogens with two attached hydrogens (primary N) is 1. The Bertz CT molecular complexity index is 361. The van der Waals surface area contributed by atoms with Gasteiger partial charge in [-0.15, -0.1) is 13.2 Å². The molecule has 0 spiro atoms. The summed E-state index contributed by atoms with van der Waals surface area (Å²) < 4.78 is 0. The Labute approximate surface area is 97.3 Å². The Morgan fingerprint density at radius 1 is 1.31 bits per heavy atom. The van der Waals surface area contributed by atoms with Crippen molar-refractivity contribution in [2.45, 2.75) is 13.5 Å². The molecule has 0 fully saturated rings. The molecule has 16 heavy (non-hydrogen) atoms. The SMILES string of the molecule is C=CCN(CC=C)c1cc(CN)cc(C)n1. The highest BCUT2D eigenvalue weighted by molar-refractivity contribution is 5.44. The number of hydrogen-bond donors (Lipinski definition) is 1. The van der Waals surface area contributed by atoms with E-state index in [1.165, 1.54) is 0 Å². The quantitative estimate of drug-likeness (QED) is 0.741. The fourth-order valence-electron chi connectivity index (χ4n) is 1.57. The molecule has 86 valence electrons. The zero-order valence-corrected chi connectivity index (χ0v) is 9.82. The van der Waals surface area contributed by atoms with Gasteiger partial charge in [0, 0.05) is 25.3 Å². The van der Waals surface area contributed by atoms with Crippen LogP contribution < -0.4 is 10.6 Å². The topological polar surface area (TPSA) is 42.1 Å². The molecule has 2 N–H and O–H groups in total. The molecule has 1 rings (SSSR count).